The Kier molecular flexibility index (Phi) is 11.3. The van der Waals surface area contributed by atoms with Gasteiger partial charge in [0.1, 0.15) is 0 Å². The zero-order valence-corrected chi connectivity index (χ0v) is 10.6. The van der Waals surface area contributed by atoms with E-state index in [9.17, 15) is 0 Å². The Morgan fingerprint density at radius 3 is 1.31 bits per heavy atom. The van der Waals surface area contributed by atoms with Crippen LogP contribution in [0.4, 0.5) is 0 Å². The minimum atomic E-state index is 0.211. The molecule has 3 N–H and O–H groups in total. The maximum Gasteiger partial charge on any atom is 0.0433 e. The van der Waals surface area contributed by atoms with E-state index >= 15 is 0 Å². The van der Waals surface area contributed by atoms with Crippen molar-refractivity contribution in [3.8, 4) is 0 Å². The van der Waals surface area contributed by atoms with Gasteiger partial charge in [0.05, 0.1) is 0 Å². The van der Waals surface area contributed by atoms with Crippen LogP contribution in [0.3, 0.4) is 0 Å². The van der Waals surface area contributed by atoms with Crippen LogP contribution in [-0.2, 0) is 0 Å². The van der Waals surface area contributed by atoms with E-state index in [1.807, 2.05) is 0 Å². The molecule has 3 heteroatoms. The lowest BCUT2D eigenvalue weighted by atomic mass is 9.88. The van der Waals surface area contributed by atoms with Gasteiger partial charge in [0.2, 0.25) is 0 Å². The molecule has 0 aromatic heterocycles. The van der Waals surface area contributed by atoms with Gasteiger partial charge in [0.15, 0.2) is 0 Å². The third-order valence-electron chi connectivity index (χ3n) is 3.29. The van der Waals surface area contributed by atoms with Crippen molar-refractivity contribution in [2.24, 2.45) is 11.8 Å². The summed E-state index contributed by atoms with van der Waals surface area (Å²) < 4.78 is 0. The second kappa shape index (κ2) is 11.4. The Labute approximate surface area is 99.5 Å². The van der Waals surface area contributed by atoms with E-state index in [4.69, 9.17) is 15.3 Å². The Bertz CT molecular complexity index is 111. The molecule has 1 atom stereocenters. The molecule has 98 valence electrons. The fourth-order valence-electron chi connectivity index (χ4n) is 2.29. The van der Waals surface area contributed by atoms with Crippen molar-refractivity contribution < 1.29 is 15.3 Å². The van der Waals surface area contributed by atoms with E-state index < -0.39 is 0 Å². The highest BCUT2D eigenvalue weighted by Gasteiger charge is 2.12. The number of aliphatic hydroxyl groups is 3. The molecule has 0 spiro atoms. The minimum Gasteiger partial charge on any atom is -0.396 e. The molecule has 3 nitrogen and oxygen atoms in total. The summed E-state index contributed by atoms with van der Waals surface area (Å²) in [7, 11) is 0. The molecule has 0 amide bonds. The SMILES string of the molecule is CCCC(CCO)CCC(CCO)CCO. The molecular formula is C13H28O3. The van der Waals surface area contributed by atoms with Crippen LogP contribution >= 0.6 is 0 Å². The molecule has 1 unspecified atom stereocenters. The van der Waals surface area contributed by atoms with Gasteiger partial charge in [-0.25, -0.2) is 0 Å². The molecule has 16 heavy (non-hydrogen) atoms. The number of hydrogen-bond donors (Lipinski definition) is 3. The average molecular weight is 232 g/mol. The van der Waals surface area contributed by atoms with Crippen LogP contribution in [0.2, 0.25) is 0 Å². The largest absolute Gasteiger partial charge is 0.396 e. The van der Waals surface area contributed by atoms with E-state index in [-0.39, 0.29) is 19.8 Å². The predicted molar refractivity (Wildman–Crippen MR) is 66.2 cm³/mol. The summed E-state index contributed by atoms with van der Waals surface area (Å²) in [5.74, 6) is 1.04. The Hall–Kier alpha value is -0.120. The maximum absolute atomic E-state index is 8.96. The zero-order valence-electron chi connectivity index (χ0n) is 10.6. The molecule has 0 aliphatic rings. The van der Waals surface area contributed by atoms with Crippen LogP contribution < -0.4 is 0 Å². The van der Waals surface area contributed by atoms with Crippen LogP contribution in [0.25, 0.3) is 0 Å². The molecule has 0 rings (SSSR count). The summed E-state index contributed by atoms with van der Waals surface area (Å²) in [6, 6.07) is 0. The average Bonchev–Trinajstić information content (AvgIpc) is 2.27. The summed E-state index contributed by atoms with van der Waals surface area (Å²) in [5.41, 5.74) is 0. The topological polar surface area (TPSA) is 60.7 Å². The second-order valence-electron chi connectivity index (χ2n) is 4.63. The maximum atomic E-state index is 8.96. The van der Waals surface area contributed by atoms with Crippen LogP contribution in [0.1, 0.15) is 51.9 Å². The van der Waals surface area contributed by atoms with E-state index in [1.165, 1.54) is 6.42 Å². The summed E-state index contributed by atoms with van der Waals surface area (Å²) in [6.07, 6.45) is 6.97. The van der Waals surface area contributed by atoms with Crippen molar-refractivity contribution >= 4 is 0 Å². The zero-order chi connectivity index (χ0) is 12.2. The molecule has 0 radical (unpaired) electrons. The van der Waals surface area contributed by atoms with Crippen molar-refractivity contribution in [3.63, 3.8) is 0 Å². The quantitative estimate of drug-likeness (QED) is 0.510. The van der Waals surface area contributed by atoms with E-state index in [1.54, 1.807) is 0 Å². The Morgan fingerprint density at radius 1 is 0.625 bits per heavy atom. The van der Waals surface area contributed by atoms with Crippen LogP contribution in [0.15, 0.2) is 0 Å². The molecule has 0 saturated heterocycles. The van der Waals surface area contributed by atoms with E-state index in [0.717, 1.165) is 38.5 Å². The van der Waals surface area contributed by atoms with Gasteiger partial charge in [0, 0.05) is 19.8 Å². The molecule has 0 heterocycles. The summed E-state index contributed by atoms with van der Waals surface area (Å²) >= 11 is 0. The van der Waals surface area contributed by atoms with Gasteiger partial charge >= 0.3 is 0 Å². The third kappa shape index (κ3) is 8.08. The van der Waals surface area contributed by atoms with Crippen LogP contribution in [-0.4, -0.2) is 35.1 Å². The number of hydrogen-bond acceptors (Lipinski definition) is 3. The predicted octanol–water partition coefficient (Wildman–Crippen LogP) is 1.95. The number of aliphatic hydroxyl groups excluding tert-OH is 3. The first-order valence-corrected chi connectivity index (χ1v) is 6.61. The van der Waals surface area contributed by atoms with Crippen molar-refractivity contribution in [2.45, 2.75) is 51.9 Å². The molecule has 0 aromatic rings. The van der Waals surface area contributed by atoms with Crippen molar-refractivity contribution in [1.29, 1.82) is 0 Å². The van der Waals surface area contributed by atoms with Gasteiger partial charge in [-0.05, 0) is 31.1 Å². The summed E-state index contributed by atoms with van der Waals surface area (Å²) in [6.45, 7) is 2.87. The lowest BCUT2D eigenvalue weighted by Gasteiger charge is -2.19. The molecule has 0 fully saturated rings. The fourth-order valence-corrected chi connectivity index (χ4v) is 2.29. The fraction of sp³-hybridized carbons (Fsp3) is 1.00. The highest BCUT2D eigenvalue weighted by molar-refractivity contribution is 4.64. The summed E-state index contributed by atoms with van der Waals surface area (Å²) in [5, 5.41) is 26.8. The smallest absolute Gasteiger partial charge is 0.0433 e. The Morgan fingerprint density at radius 2 is 1.00 bits per heavy atom. The van der Waals surface area contributed by atoms with Gasteiger partial charge in [-0.1, -0.05) is 32.6 Å². The highest BCUT2D eigenvalue weighted by Crippen LogP contribution is 2.23. The normalized spacial score (nSPS) is 13.3. The van der Waals surface area contributed by atoms with Crippen molar-refractivity contribution in [3.05, 3.63) is 0 Å². The Balaban J connectivity index is 3.83. The van der Waals surface area contributed by atoms with Crippen LogP contribution in [0, 0.1) is 11.8 Å². The monoisotopic (exact) mass is 232 g/mol. The molecule has 0 bridgehead atoms. The van der Waals surface area contributed by atoms with Crippen LogP contribution in [0.5, 0.6) is 0 Å². The number of rotatable bonds is 11. The molecular weight excluding hydrogens is 204 g/mol. The van der Waals surface area contributed by atoms with Gasteiger partial charge in [-0.3, -0.25) is 0 Å². The van der Waals surface area contributed by atoms with Crippen molar-refractivity contribution in [2.75, 3.05) is 19.8 Å². The molecule has 0 aromatic carbocycles. The highest BCUT2D eigenvalue weighted by atomic mass is 16.3. The first kappa shape index (κ1) is 15.9. The van der Waals surface area contributed by atoms with Gasteiger partial charge in [-0.15, -0.1) is 0 Å². The van der Waals surface area contributed by atoms with Crippen molar-refractivity contribution in [1.82, 2.24) is 0 Å². The lowest BCUT2D eigenvalue weighted by Crippen LogP contribution is -2.10. The van der Waals surface area contributed by atoms with E-state index in [0.29, 0.717) is 11.8 Å². The van der Waals surface area contributed by atoms with Gasteiger partial charge < -0.3 is 15.3 Å². The molecule has 0 aliphatic carbocycles. The molecule has 0 aliphatic heterocycles. The third-order valence-corrected chi connectivity index (χ3v) is 3.29. The van der Waals surface area contributed by atoms with E-state index in [2.05, 4.69) is 6.92 Å². The first-order chi connectivity index (χ1) is 7.78. The van der Waals surface area contributed by atoms with Gasteiger partial charge in [-0.2, -0.15) is 0 Å². The minimum absolute atomic E-state index is 0.211. The second-order valence-corrected chi connectivity index (χ2v) is 4.63. The summed E-state index contributed by atoms with van der Waals surface area (Å²) in [4.78, 5) is 0. The standard InChI is InChI=1S/C13H28O3/c1-2-3-12(6-9-14)4-5-13(7-10-15)8-11-16/h12-16H,2-11H2,1H3. The first-order valence-electron chi connectivity index (χ1n) is 6.61. The molecule has 0 saturated carbocycles. The van der Waals surface area contributed by atoms with Gasteiger partial charge in [0.25, 0.3) is 0 Å². The lowest BCUT2D eigenvalue weighted by molar-refractivity contribution is 0.194.